The molecular weight excluding hydrogens is 406 g/mol. The predicted octanol–water partition coefficient (Wildman–Crippen LogP) is 7.80. The topological polar surface area (TPSA) is 3.24 Å². The van der Waals surface area contributed by atoms with Crippen LogP contribution in [0, 0.1) is 0 Å². The molecular formula is C24H49BNP3. The Hall–Kier alpha value is 1.31. The van der Waals surface area contributed by atoms with Gasteiger partial charge in [-0.2, -0.15) is 0 Å². The van der Waals surface area contributed by atoms with E-state index in [1.165, 1.54) is 70.4 Å². The summed E-state index contributed by atoms with van der Waals surface area (Å²) < 4.78 is 3.27. The minimum Gasteiger partial charge on any atom is -0.273 e. The maximum atomic E-state index is 3.27. The average Bonchev–Trinajstić information content (AvgIpc) is 3.43. The highest BCUT2D eigenvalue weighted by Crippen LogP contribution is 2.68. The zero-order valence-electron chi connectivity index (χ0n) is 20.4. The van der Waals surface area contributed by atoms with E-state index in [9.17, 15) is 0 Å². The number of rotatable bonds is 10. The van der Waals surface area contributed by atoms with Gasteiger partial charge in [-0.3, -0.25) is 4.67 Å². The molecule has 3 fully saturated rings. The summed E-state index contributed by atoms with van der Waals surface area (Å²) in [4.78, 5) is 0. The van der Waals surface area contributed by atoms with Gasteiger partial charge in [-0.1, -0.05) is 56.9 Å². The molecule has 168 valence electrons. The SMILES string of the molecule is B[C@@H]1CC[C@@H](CC)P1CN(CP1[C@H](CC)CC[C@H]1CC)P1[C@H](CC)CC[C@H]1CC. The Labute approximate surface area is 188 Å². The van der Waals surface area contributed by atoms with E-state index in [-0.39, 0.29) is 23.9 Å². The Kier molecular flexibility index (Phi) is 10.3. The van der Waals surface area contributed by atoms with Crippen molar-refractivity contribution in [2.45, 2.75) is 139 Å². The molecule has 7 atom stereocenters. The number of nitrogens with zero attached hydrogens (tertiary/aromatic N) is 1. The molecule has 0 bridgehead atoms. The van der Waals surface area contributed by atoms with Crippen molar-refractivity contribution >= 4 is 31.8 Å². The molecule has 0 aromatic heterocycles. The molecule has 0 aromatic carbocycles. The van der Waals surface area contributed by atoms with Crippen LogP contribution in [0.15, 0.2) is 0 Å². The van der Waals surface area contributed by atoms with Crippen molar-refractivity contribution < 1.29 is 0 Å². The van der Waals surface area contributed by atoms with Crippen LogP contribution >= 0.6 is 23.9 Å². The molecule has 0 radical (unpaired) electrons. The summed E-state index contributed by atoms with van der Waals surface area (Å²) in [6.07, 6.45) is 19.5. The third-order valence-corrected chi connectivity index (χ3v) is 20.2. The smallest absolute Gasteiger partial charge is 0.111 e. The Morgan fingerprint density at radius 3 is 1.45 bits per heavy atom. The Morgan fingerprint density at radius 2 is 0.966 bits per heavy atom. The van der Waals surface area contributed by atoms with E-state index in [4.69, 9.17) is 0 Å². The summed E-state index contributed by atoms with van der Waals surface area (Å²) in [5.74, 6) is 0. The normalized spacial score (nSPS) is 39.2. The van der Waals surface area contributed by atoms with Crippen LogP contribution in [-0.2, 0) is 0 Å². The van der Waals surface area contributed by atoms with E-state index in [2.05, 4.69) is 47.1 Å². The lowest BCUT2D eigenvalue weighted by Crippen LogP contribution is -2.29. The molecule has 0 spiro atoms. The molecule has 0 aliphatic carbocycles. The fourth-order valence-electron chi connectivity index (χ4n) is 6.70. The van der Waals surface area contributed by atoms with Crippen molar-refractivity contribution in [3.8, 4) is 0 Å². The zero-order chi connectivity index (χ0) is 21.0. The second-order valence-corrected chi connectivity index (χ2v) is 18.6. The first kappa shape index (κ1) is 24.9. The molecule has 3 aliphatic heterocycles. The monoisotopic (exact) mass is 455 g/mol. The molecule has 29 heavy (non-hydrogen) atoms. The van der Waals surface area contributed by atoms with Crippen molar-refractivity contribution in [2.75, 3.05) is 12.6 Å². The van der Waals surface area contributed by atoms with Gasteiger partial charge in [-0.15, -0.1) is 0 Å². The molecule has 3 rings (SSSR count). The van der Waals surface area contributed by atoms with Gasteiger partial charge in [0.15, 0.2) is 0 Å². The first-order valence-corrected chi connectivity index (χ1v) is 17.9. The minimum absolute atomic E-state index is 0.107. The van der Waals surface area contributed by atoms with Crippen molar-refractivity contribution in [1.29, 1.82) is 0 Å². The third kappa shape index (κ3) is 5.63. The number of hydrogen-bond donors (Lipinski definition) is 0. The molecule has 3 heterocycles. The summed E-state index contributed by atoms with van der Waals surface area (Å²) in [7, 11) is 3.16. The predicted molar refractivity (Wildman–Crippen MR) is 143 cm³/mol. The lowest BCUT2D eigenvalue weighted by molar-refractivity contribution is 0.589. The van der Waals surface area contributed by atoms with E-state index < -0.39 is 0 Å². The largest absolute Gasteiger partial charge is 0.273 e. The molecule has 3 saturated heterocycles. The van der Waals surface area contributed by atoms with Gasteiger partial charge >= 0.3 is 0 Å². The van der Waals surface area contributed by atoms with Crippen molar-refractivity contribution in [3.63, 3.8) is 0 Å². The van der Waals surface area contributed by atoms with Crippen LogP contribution in [-0.4, -0.2) is 58.9 Å². The quantitative estimate of drug-likeness (QED) is 0.240. The highest BCUT2D eigenvalue weighted by Gasteiger charge is 2.43. The molecule has 0 N–H and O–H groups in total. The van der Waals surface area contributed by atoms with E-state index in [0.29, 0.717) is 0 Å². The summed E-state index contributed by atoms with van der Waals surface area (Å²) in [6, 6.07) is 0. The molecule has 5 heteroatoms. The van der Waals surface area contributed by atoms with Crippen molar-refractivity contribution in [2.24, 2.45) is 0 Å². The van der Waals surface area contributed by atoms with Crippen LogP contribution in [0.4, 0.5) is 0 Å². The van der Waals surface area contributed by atoms with E-state index in [1.54, 1.807) is 12.8 Å². The zero-order valence-corrected chi connectivity index (χ0v) is 23.1. The van der Waals surface area contributed by atoms with Gasteiger partial charge in [0.05, 0.1) is 0 Å². The Bertz CT molecular complexity index is 469. The van der Waals surface area contributed by atoms with Crippen LogP contribution in [0.25, 0.3) is 0 Å². The summed E-state index contributed by atoms with van der Waals surface area (Å²) in [5, 5.41) is 0. The maximum absolute atomic E-state index is 3.27. The Balaban J connectivity index is 1.84. The van der Waals surface area contributed by atoms with Gasteiger partial charge in [0.25, 0.3) is 0 Å². The third-order valence-electron chi connectivity index (χ3n) is 8.64. The van der Waals surface area contributed by atoms with Crippen molar-refractivity contribution in [3.05, 3.63) is 0 Å². The minimum atomic E-state index is 0.107. The van der Waals surface area contributed by atoms with Gasteiger partial charge in [-0.25, -0.2) is 0 Å². The van der Waals surface area contributed by atoms with E-state index >= 15 is 0 Å². The van der Waals surface area contributed by atoms with Crippen LogP contribution in [0.5, 0.6) is 0 Å². The van der Waals surface area contributed by atoms with Gasteiger partial charge < -0.3 is 0 Å². The lowest BCUT2D eigenvalue weighted by Gasteiger charge is -2.43. The van der Waals surface area contributed by atoms with Gasteiger partial charge in [0, 0.05) is 12.6 Å². The number of hydrogen-bond acceptors (Lipinski definition) is 1. The van der Waals surface area contributed by atoms with Crippen molar-refractivity contribution in [1.82, 2.24) is 4.67 Å². The summed E-state index contributed by atoms with van der Waals surface area (Å²) in [5.41, 5.74) is 6.33. The fourth-order valence-corrected chi connectivity index (χ4v) is 18.6. The van der Waals surface area contributed by atoms with Crippen LogP contribution in [0.3, 0.4) is 0 Å². The summed E-state index contributed by atoms with van der Waals surface area (Å²) >= 11 is 0. The van der Waals surface area contributed by atoms with E-state index in [0.717, 1.165) is 33.9 Å². The average molecular weight is 455 g/mol. The highest BCUT2D eigenvalue weighted by molar-refractivity contribution is 7.64. The van der Waals surface area contributed by atoms with Crippen LogP contribution in [0.1, 0.15) is 105 Å². The second kappa shape index (κ2) is 12.0. The van der Waals surface area contributed by atoms with Crippen LogP contribution < -0.4 is 0 Å². The standard InChI is InChI=1S/C24H49BNP3/c1-6-19-11-12-20(7-2)27(19)17-26(18-28-21(8-3)15-16-24(28)25)29-22(9-4)13-14-23(29)10-5/h19-24H,6-18,25H2,1-5H3/t19-,20-,21-,22-,23-,24+,28?/m1/s1. The molecule has 0 amide bonds. The Morgan fingerprint density at radius 1 is 0.586 bits per heavy atom. The second-order valence-electron chi connectivity index (χ2n) is 10.1. The van der Waals surface area contributed by atoms with Gasteiger partial charge in [-0.05, 0) is 106 Å². The molecule has 0 aromatic rings. The summed E-state index contributed by atoms with van der Waals surface area (Å²) in [6.45, 7) is 12.5. The molecule has 1 nitrogen and oxygen atoms in total. The maximum Gasteiger partial charge on any atom is 0.111 e. The van der Waals surface area contributed by atoms with Gasteiger partial charge in [0.1, 0.15) is 7.85 Å². The fraction of sp³-hybridized carbons (Fsp3) is 1.00. The van der Waals surface area contributed by atoms with E-state index in [1.807, 2.05) is 0 Å². The molecule has 0 saturated carbocycles. The van der Waals surface area contributed by atoms with Gasteiger partial charge in [0.2, 0.25) is 0 Å². The lowest BCUT2D eigenvalue weighted by atomic mass is 9.99. The molecule has 3 aliphatic rings. The molecule has 1 unspecified atom stereocenters. The van der Waals surface area contributed by atoms with Crippen LogP contribution in [0.2, 0.25) is 0 Å². The first-order valence-electron chi connectivity index (χ1n) is 13.1. The highest BCUT2D eigenvalue weighted by atomic mass is 31.1. The first-order chi connectivity index (χ1) is 14.1.